The van der Waals surface area contributed by atoms with E-state index < -0.39 is 46.2 Å². The van der Waals surface area contributed by atoms with Gasteiger partial charge in [0.25, 0.3) is 11.8 Å². The number of alkyl halides is 2. The molecule has 0 bridgehead atoms. The van der Waals surface area contributed by atoms with Crippen molar-refractivity contribution in [1.82, 2.24) is 5.06 Å². The molecule has 13 heteroatoms. The zero-order chi connectivity index (χ0) is 32.4. The zero-order valence-corrected chi connectivity index (χ0v) is 25.9. The van der Waals surface area contributed by atoms with E-state index >= 15 is 0 Å². The van der Waals surface area contributed by atoms with E-state index in [4.69, 9.17) is 4.74 Å². The van der Waals surface area contributed by atoms with Crippen molar-refractivity contribution in [2.75, 3.05) is 13.2 Å². The highest BCUT2D eigenvalue weighted by Gasteiger charge is 2.58. The maximum Gasteiger partial charge on any atom is 0.467 e. The van der Waals surface area contributed by atoms with Gasteiger partial charge in [0.1, 0.15) is 0 Å². The van der Waals surface area contributed by atoms with Crippen LogP contribution in [-0.2, 0) is 44.7 Å². The Balaban J connectivity index is 1.49. The van der Waals surface area contributed by atoms with Gasteiger partial charge < -0.3 is 9.47 Å². The van der Waals surface area contributed by atoms with Gasteiger partial charge in [-0.1, -0.05) is 108 Å². The summed E-state index contributed by atoms with van der Waals surface area (Å²) in [6.07, 6.45) is 15.8. The van der Waals surface area contributed by atoms with Gasteiger partial charge in [-0.3, -0.25) is 9.59 Å². The summed E-state index contributed by atoms with van der Waals surface area (Å²) in [5.74, 6) is -5.09. The Kier molecular flexibility index (Phi) is 16.2. The molecule has 0 saturated heterocycles. The fourth-order valence-corrected chi connectivity index (χ4v) is 5.35. The molecule has 1 aromatic rings. The Hall–Kier alpha value is -3.19. The van der Waals surface area contributed by atoms with Gasteiger partial charge in [0, 0.05) is 11.6 Å². The number of imide groups is 1. The number of nitrogens with zero attached hydrogens (tertiary/aromatic N) is 1. The summed E-state index contributed by atoms with van der Waals surface area (Å²) in [6, 6.07) is 5.77. The fraction of sp³-hybridized carbons (Fsp3) is 0.613. The largest absolute Gasteiger partial charge is 0.467 e. The molecule has 2 rings (SSSR count). The van der Waals surface area contributed by atoms with Crippen molar-refractivity contribution >= 4 is 33.9 Å². The minimum absolute atomic E-state index is 0.0743. The van der Waals surface area contributed by atoms with Crippen LogP contribution in [0.2, 0.25) is 0 Å². The number of esters is 2. The molecule has 0 aromatic heterocycles. The number of halogens is 2. The minimum atomic E-state index is -6.04. The number of hydroxylamine groups is 2. The molecule has 44 heavy (non-hydrogen) atoms. The lowest BCUT2D eigenvalue weighted by Gasteiger charge is -2.26. The maximum atomic E-state index is 14.4. The van der Waals surface area contributed by atoms with Crippen LogP contribution < -0.4 is 0 Å². The lowest BCUT2D eigenvalue weighted by molar-refractivity contribution is -0.165. The average molecular weight is 644 g/mol. The van der Waals surface area contributed by atoms with Crippen LogP contribution in [0, 0.1) is 0 Å². The molecular weight excluding hydrogens is 600 g/mol. The van der Waals surface area contributed by atoms with Gasteiger partial charge in [0.05, 0.1) is 19.6 Å². The average Bonchev–Trinajstić information content (AvgIpc) is 2.99. The number of ether oxygens (including phenoxy) is 2. The smallest absolute Gasteiger partial charge is 0.463 e. The number of rotatable bonds is 23. The second kappa shape index (κ2) is 19.3. The Morgan fingerprint density at radius 3 is 1.75 bits per heavy atom. The Morgan fingerprint density at radius 1 is 0.795 bits per heavy atom. The molecule has 0 aliphatic carbocycles. The number of hydrogen-bond acceptors (Lipinski definition) is 9. The van der Waals surface area contributed by atoms with Crippen LogP contribution in [0.25, 0.3) is 0 Å². The van der Waals surface area contributed by atoms with E-state index in [0.29, 0.717) is 18.6 Å². The highest BCUT2D eigenvalue weighted by atomic mass is 32.2. The van der Waals surface area contributed by atoms with Gasteiger partial charge >= 0.3 is 27.3 Å². The molecule has 0 atom stereocenters. The predicted molar refractivity (Wildman–Crippen MR) is 158 cm³/mol. The Bertz CT molecular complexity index is 1220. The normalized spacial score (nSPS) is 13.5. The van der Waals surface area contributed by atoms with E-state index in [1.165, 1.54) is 56.4 Å². The number of benzene rings is 1. The molecule has 0 saturated carbocycles. The van der Waals surface area contributed by atoms with Crippen molar-refractivity contribution in [2.45, 2.75) is 108 Å². The van der Waals surface area contributed by atoms with Gasteiger partial charge in [-0.2, -0.15) is 17.2 Å². The van der Waals surface area contributed by atoms with Crippen LogP contribution in [0.1, 0.15) is 112 Å². The molecule has 0 radical (unpaired) electrons. The summed E-state index contributed by atoms with van der Waals surface area (Å²) < 4.78 is 66.6. The molecule has 0 fully saturated rings. The summed E-state index contributed by atoms with van der Waals surface area (Å²) in [4.78, 5) is 47.4. The first kappa shape index (κ1) is 37.0. The third kappa shape index (κ3) is 12.1. The molecule has 0 N–H and O–H groups in total. The number of unbranched alkanes of at least 4 members (excludes halogenated alkanes) is 14. The van der Waals surface area contributed by atoms with Gasteiger partial charge in [0.2, 0.25) is 0 Å². The summed E-state index contributed by atoms with van der Waals surface area (Å²) in [5.41, 5.74) is 0.221. The molecule has 1 heterocycles. The molecule has 10 nitrogen and oxygen atoms in total. The Labute approximate surface area is 258 Å². The number of amides is 2. The number of carbonyl (C=O) groups excluding carboxylic acids is 4. The monoisotopic (exact) mass is 643 g/mol. The highest BCUT2D eigenvalue weighted by molar-refractivity contribution is 7.88. The quantitative estimate of drug-likeness (QED) is 0.0592. The van der Waals surface area contributed by atoms with Gasteiger partial charge in [-0.15, -0.1) is 9.35 Å². The highest BCUT2D eigenvalue weighted by Crippen LogP contribution is 2.29. The van der Waals surface area contributed by atoms with Crippen LogP contribution in [0.15, 0.2) is 36.9 Å². The van der Waals surface area contributed by atoms with Crippen molar-refractivity contribution in [3.63, 3.8) is 0 Å². The lowest BCUT2D eigenvalue weighted by atomic mass is 10.00. The third-order valence-corrected chi connectivity index (χ3v) is 8.30. The predicted octanol–water partition coefficient (Wildman–Crippen LogP) is 6.19. The van der Waals surface area contributed by atoms with Crippen molar-refractivity contribution < 1.29 is 50.1 Å². The number of carbonyl (C=O) groups is 4. The van der Waals surface area contributed by atoms with Gasteiger partial charge in [-0.05, 0) is 24.5 Å². The van der Waals surface area contributed by atoms with Crippen molar-refractivity contribution in [3.05, 3.63) is 48.0 Å². The summed E-state index contributed by atoms with van der Waals surface area (Å²) >= 11 is 0. The zero-order valence-electron chi connectivity index (χ0n) is 25.1. The van der Waals surface area contributed by atoms with Crippen LogP contribution in [0.3, 0.4) is 0 Å². The van der Waals surface area contributed by atoms with Crippen molar-refractivity contribution in [2.24, 2.45) is 0 Å². The first-order valence-electron chi connectivity index (χ1n) is 15.2. The fourth-order valence-electron chi connectivity index (χ4n) is 4.65. The lowest BCUT2D eigenvalue weighted by Crippen LogP contribution is -2.49. The van der Waals surface area contributed by atoms with E-state index in [1.54, 1.807) is 6.07 Å². The molecule has 2 amide bonds. The van der Waals surface area contributed by atoms with E-state index in [0.717, 1.165) is 51.4 Å². The minimum Gasteiger partial charge on any atom is -0.463 e. The standard InChI is InChI=1S/C31H43F2NO9S/c1-2-28(36)41-22-18-14-12-10-8-6-4-3-5-7-9-11-13-15-19-23-42-30(38)31(32,33)44(39,40)43-34-27(35)24-25-20-16-17-21-26(25)29(34)37/h2,16-17,20-21H,1,3-15,18-19,22-24H2. The first-order valence-corrected chi connectivity index (χ1v) is 16.7. The summed E-state index contributed by atoms with van der Waals surface area (Å²) in [5, 5.41) is -5.38. The van der Waals surface area contributed by atoms with E-state index in [-0.39, 0.29) is 23.0 Å². The van der Waals surface area contributed by atoms with Crippen LogP contribution >= 0.6 is 0 Å². The van der Waals surface area contributed by atoms with Crippen LogP contribution in [0.5, 0.6) is 0 Å². The summed E-state index contributed by atoms with van der Waals surface area (Å²) in [6.45, 7) is 3.40. The Morgan fingerprint density at radius 2 is 1.25 bits per heavy atom. The topological polar surface area (TPSA) is 133 Å². The van der Waals surface area contributed by atoms with Gasteiger partial charge in [-0.25, -0.2) is 9.59 Å². The van der Waals surface area contributed by atoms with Crippen LogP contribution in [0.4, 0.5) is 8.78 Å². The molecule has 0 unspecified atom stereocenters. The maximum absolute atomic E-state index is 14.4. The van der Waals surface area contributed by atoms with E-state index in [1.807, 2.05) is 0 Å². The van der Waals surface area contributed by atoms with Crippen molar-refractivity contribution in [3.8, 4) is 0 Å². The molecule has 1 aliphatic heterocycles. The number of hydrogen-bond donors (Lipinski definition) is 0. The molecular formula is C31H43F2NO9S. The van der Waals surface area contributed by atoms with E-state index in [9.17, 15) is 36.4 Å². The van der Waals surface area contributed by atoms with Crippen LogP contribution in [-0.4, -0.2) is 55.7 Å². The molecule has 246 valence electrons. The SMILES string of the molecule is C=CC(=O)OCCCCCCCCCCCCCCCCCOC(=O)C(F)(F)S(=O)(=O)ON1C(=O)Cc2ccccc2C1=O. The van der Waals surface area contributed by atoms with Gasteiger partial charge in [0.15, 0.2) is 0 Å². The summed E-state index contributed by atoms with van der Waals surface area (Å²) in [7, 11) is -6.04. The second-order valence-corrected chi connectivity index (χ2v) is 12.3. The first-order chi connectivity index (χ1) is 21.0. The molecule has 0 spiro atoms. The molecule has 1 aliphatic rings. The second-order valence-electron chi connectivity index (χ2n) is 10.7. The van der Waals surface area contributed by atoms with Crippen molar-refractivity contribution in [1.29, 1.82) is 0 Å². The number of fused-ring (bicyclic) bond motifs is 1. The third-order valence-electron chi connectivity index (χ3n) is 7.16. The van der Waals surface area contributed by atoms with E-state index in [2.05, 4.69) is 15.6 Å². The molecule has 1 aromatic carbocycles.